The lowest BCUT2D eigenvalue weighted by Gasteiger charge is -2.34. The third kappa shape index (κ3) is 3.70. The molecule has 1 aromatic carbocycles. The fourth-order valence-electron chi connectivity index (χ4n) is 3.26. The van der Waals surface area contributed by atoms with Crippen LogP contribution in [0.1, 0.15) is 11.3 Å². The van der Waals surface area contributed by atoms with Crippen LogP contribution in [0, 0.1) is 18.3 Å². The Morgan fingerprint density at radius 1 is 1.03 bits per heavy atom. The number of piperazine rings is 1. The number of benzene rings is 1. The molecule has 2 aromatic heterocycles. The van der Waals surface area contributed by atoms with Gasteiger partial charge in [-0.25, -0.2) is 23.1 Å². The number of rotatable bonds is 4. The van der Waals surface area contributed by atoms with Gasteiger partial charge in [-0.15, -0.1) is 0 Å². The zero-order valence-electron chi connectivity index (χ0n) is 15.8. The summed E-state index contributed by atoms with van der Waals surface area (Å²) in [6.45, 7) is 3.50. The summed E-state index contributed by atoms with van der Waals surface area (Å²) in [4.78, 5) is 10.7. The van der Waals surface area contributed by atoms with Crippen LogP contribution >= 0.6 is 0 Å². The van der Waals surface area contributed by atoms with Crippen LogP contribution in [-0.2, 0) is 10.0 Å². The summed E-state index contributed by atoms with van der Waals surface area (Å²) in [5.41, 5.74) is 1.05. The number of aromatic nitrogens is 4. The first kappa shape index (κ1) is 19.0. The lowest BCUT2D eigenvalue weighted by atomic mass is 10.2. The molecule has 3 aromatic rings. The third-order valence-corrected chi connectivity index (χ3v) is 6.74. The van der Waals surface area contributed by atoms with Gasteiger partial charge in [0.1, 0.15) is 18.2 Å². The Morgan fingerprint density at radius 3 is 2.45 bits per heavy atom. The van der Waals surface area contributed by atoms with Crippen molar-refractivity contribution in [1.29, 1.82) is 5.26 Å². The Hall–Kier alpha value is -3.29. The second kappa shape index (κ2) is 7.62. The zero-order valence-corrected chi connectivity index (χ0v) is 16.6. The molecule has 29 heavy (non-hydrogen) atoms. The molecule has 0 saturated carbocycles. The summed E-state index contributed by atoms with van der Waals surface area (Å²) >= 11 is 0. The van der Waals surface area contributed by atoms with Crippen LogP contribution in [0.2, 0.25) is 0 Å². The van der Waals surface area contributed by atoms with E-state index in [0.717, 1.165) is 11.5 Å². The van der Waals surface area contributed by atoms with Gasteiger partial charge in [-0.2, -0.15) is 14.7 Å². The molecule has 9 nitrogen and oxygen atoms in total. The minimum absolute atomic E-state index is 0.0503. The molecule has 0 bridgehead atoms. The zero-order chi connectivity index (χ0) is 20.4. The van der Waals surface area contributed by atoms with E-state index in [0.29, 0.717) is 32.0 Å². The van der Waals surface area contributed by atoms with Gasteiger partial charge in [0.2, 0.25) is 10.0 Å². The van der Waals surface area contributed by atoms with Crippen molar-refractivity contribution in [2.75, 3.05) is 31.1 Å². The summed E-state index contributed by atoms with van der Waals surface area (Å²) < 4.78 is 29.0. The van der Waals surface area contributed by atoms with Gasteiger partial charge < -0.3 is 4.90 Å². The van der Waals surface area contributed by atoms with E-state index in [2.05, 4.69) is 15.1 Å². The minimum Gasteiger partial charge on any atom is -0.354 e. The monoisotopic (exact) mass is 409 g/mol. The summed E-state index contributed by atoms with van der Waals surface area (Å²) in [6, 6.07) is 12.0. The van der Waals surface area contributed by atoms with E-state index >= 15 is 0 Å². The molecule has 0 unspecified atom stereocenters. The van der Waals surface area contributed by atoms with E-state index in [1.807, 2.05) is 36.2 Å². The van der Waals surface area contributed by atoms with Crippen LogP contribution in [0.15, 0.2) is 53.8 Å². The van der Waals surface area contributed by atoms with Crippen molar-refractivity contribution in [1.82, 2.24) is 24.1 Å². The summed E-state index contributed by atoms with van der Waals surface area (Å²) in [6.07, 6.45) is 3.31. The van der Waals surface area contributed by atoms with Gasteiger partial charge in [0.05, 0.1) is 16.2 Å². The van der Waals surface area contributed by atoms with Crippen LogP contribution in [0.3, 0.4) is 0 Å². The number of aryl methyl sites for hydroxylation is 1. The van der Waals surface area contributed by atoms with Gasteiger partial charge >= 0.3 is 0 Å². The fraction of sp³-hybridized carbons (Fsp3) is 0.263. The van der Waals surface area contributed by atoms with Gasteiger partial charge in [0.25, 0.3) is 0 Å². The van der Waals surface area contributed by atoms with Gasteiger partial charge in [-0.3, -0.25) is 0 Å². The van der Waals surface area contributed by atoms with Crippen molar-refractivity contribution >= 4 is 15.8 Å². The first-order valence-corrected chi connectivity index (χ1v) is 10.5. The Bertz CT molecular complexity index is 1180. The number of nitrogens with zero attached hydrogens (tertiary/aromatic N) is 7. The van der Waals surface area contributed by atoms with Gasteiger partial charge in [-0.1, -0.05) is 12.1 Å². The predicted molar refractivity (Wildman–Crippen MR) is 106 cm³/mol. The molecule has 1 saturated heterocycles. The number of nitriles is 1. The van der Waals surface area contributed by atoms with Crippen molar-refractivity contribution in [2.24, 2.45) is 0 Å². The maximum Gasteiger partial charge on any atom is 0.244 e. The molecule has 0 amide bonds. The highest BCUT2D eigenvalue weighted by molar-refractivity contribution is 7.89. The molecule has 148 valence electrons. The highest BCUT2D eigenvalue weighted by atomic mass is 32.2. The lowest BCUT2D eigenvalue weighted by Crippen LogP contribution is -2.49. The van der Waals surface area contributed by atoms with Crippen molar-refractivity contribution in [2.45, 2.75) is 11.8 Å². The summed E-state index contributed by atoms with van der Waals surface area (Å²) in [5.74, 6) is 1.37. The van der Waals surface area contributed by atoms with Crippen molar-refractivity contribution in [3.05, 3.63) is 60.2 Å². The number of sulfonamides is 1. The molecule has 1 fully saturated rings. The number of hydrogen-bond donors (Lipinski definition) is 0. The first-order chi connectivity index (χ1) is 14.0. The van der Waals surface area contributed by atoms with Gasteiger partial charge in [0, 0.05) is 38.4 Å². The van der Waals surface area contributed by atoms with Gasteiger partial charge in [-0.05, 0) is 25.1 Å². The van der Waals surface area contributed by atoms with Crippen molar-refractivity contribution in [3.8, 4) is 11.9 Å². The highest BCUT2D eigenvalue weighted by Gasteiger charge is 2.30. The van der Waals surface area contributed by atoms with E-state index in [9.17, 15) is 13.7 Å². The molecule has 0 atom stereocenters. The molecule has 4 rings (SSSR count). The van der Waals surface area contributed by atoms with E-state index < -0.39 is 10.0 Å². The molecular weight excluding hydrogens is 390 g/mol. The van der Waals surface area contributed by atoms with E-state index in [4.69, 9.17) is 0 Å². The molecule has 3 heterocycles. The summed E-state index contributed by atoms with van der Waals surface area (Å²) in [7, 11) is -3.72. The predicted octanol–water partition coefficient (Wildman–Crippen LogP) is 1.35. The maximum atomic E-state index is 13.0. The molecule has 0 N–H and O–H groups in total. The Kier molecular flexibility index (Phi) is 5.00. The Balaban J connectivity index is 1.51. The van der Waals surface area contributed by atoms with E-state index in [1.54, 1.807) is 16.8 Å². The number of hydrogen-bond acceptors (Lipinski definition) is 7. The van der Waals surface area contributed by atoms with Crippen LogP contribution in [0.25, 0.3) is 5.82 Å². The molecule has 0 radical (unpaired) electrons. The van der Waals surface area contributed by atoms with E-state index in [-0.39, 0.29) is 10.5 Å². The van der Waals surface area contributed by atoms with Crippen molar-refractivity contribution < 1.29 is 8.42 Å². The average Bonchev–Trinajstić information content (AvgIpc) is 3.20. The second-order valence-corrected chi connectivity index (χ2v) is 8.54. The quantitative estimate of drug-likeness (QED) is 0.640. The molecule has 0 spiro atoms. The number of anilines is 1. The largest absolute Gasteiger partial charge is 0.354 e. The molecule has 10 heteroatoms. The normalized spacial score (nSPS) is 15.2. The maximum absolute atomic E-state index is 13.0. The summed E-state index contributed by atoms with van der Waals surface area (Å²) in [5, 5.41) is 13.6. The highest BCUT2D eigenvalue weighted by Crippen LogP contribution is 2.23. The smallest absolute Gasteiger partial charge is 0.244 e. The first-order valence-electron chi connectivity index (χ1n) is 9.08. The van der Waals surface area contributed by atoms with Crippen molar-refractivity contribution in [3.63, 3.8) is 0 Å². The topological polar surface area (TPSA) is 108 Å². The molecule has 1 aliphatic rings. The lowest BCUT2D eigenvalue weighted by molar-refractivity contribution is 0.383. The second-order valence-electron chi connectivity index (χ2n) is 6.64. The van der Waals surface area contributed by atoms with Gasteiger partial charge in [0.15, 0.2) is 5.82 Å². The van der Waals surface area contributed by atoms with Crippen LogP contribution in [-0.4, -0.2) is 58.7 Å². The molecule has 1 aliphatic heterocycles. The van der Waals surface area contributed by atoms with E-state index in [1.165, 1.54) is 22.8 Å². The van der Waals surface area contributed by atoms with Crippen LogP contribution in [0.5, 0.6) is 0 Å². The molecular formula is C19H19N7O2S. The van der Waals surface area contributed by atoms with Crippen LogP contribution < -0.4 is 4.90 Å². The fourth-order valence-corrected chi connectivity index (χ4v) is 4.82. The molecule has 0 aliphatic carbocycles. The average molecular weight is 409 g/mol. The van der Waals surface area contributed by atoms with Crippen LogP contribution in [0.4, 0.5) is 5.82 Å². The third-order valence-electron chi connectivity index (χ3n) is 4.78. The standard InChI is InChI=1S/C19H19N7O2S/c1-15-6-7-26(23-15)19-12-18(21-14-22-19)24-8-10-25(11-9-24)29(27,28)17-5-3-2-4-16(17)13-20/h2-7,12,14H,8-11H2,1H3. The SMILES string of the molecule is Cc1ccn(-c2cc(N3CCN(S(=O)(=O)c4ccccc4C#N)CC3)ncn2)n1. The Labute approximate surface area is 168 Å². The minimum atomic E-state index is -3.72. The Morgan fingerprint density at radius 2 is 1.76 bits per heavy atom.